The summed E-state index contributed by atoms with van der Waals surface area (Å²) in [6, 6.07) is 11.4. The number of benzene rings is 1. The standard InChI is InChI=1S/C19H19BF2N2/c1-12-10-14(3)23-18(12)17(16-8-6-5-7-9-16)19-13(2)11-15(4)24(19)20(21)22/h5-11H,1-4H3/b18-17-. The van der Waals surface area contributed by atoms with Gasteiger partial charge >= 0.3 is 7.40 Å². The maximum Gasteiger partial charge on any atom is 0.677 e. The molecule has 2 heterocycles. The average Bonchev–Trinajstić information content (AvgIpc) is 3.00. The van der Waals surface area contributed by atoms with Gasteiger partial charge in [-0.3, -0.25) is 13.6 Å². The first-order valence-corrected chi connectivity index (χ1v) is 7.90. The molecule has 122 valence electrons. The van der Waals surface area contributed by atoms with Crippen LogP contribution in [0.25, 0.3) is 5.57 Å². The van der Waals surface area contributed by atoms with Crippen molar-refractivity contribution >= 4 is 18.7 Å². The molecule has 0 saturated carbocycles. The molecule has 0 fully saturated rings. The second-order valence-electron chi connectivity index (χ2n) is 6.14. The summed E-state index contributed by atoms with van der Waals surface area (Å²) < 4.78 is 28.6. The predicted molar refractivity (Wildman–Crippen MR) is 96.6 cm³/mol. The van der Waals surface area contributed by atoms with E-state index in [9.17, 15) is 8.63 Å². The van der Waals surface area contributed by atoms with Gasteiger partial charge in [0.1, 0.15) is 0 Å². The first-order valence-electron chi connectivity index (χ1n) is 7.90. The molecule has 2 aromatic rings. The Balaban J connectivity index is 2.39. The molecule has 1 aliphatic heterocycles. The van der Waals surface area contributed by atoms with E-state index in [1.165, 1.54) is 0 Å². The Morgan fingerprint density at radius 3 is 2.25 bits per heavy atom. The molecule has 0 bridgehead atoms. The highest BCUT2D eigenvalue weighted by atomic mass is 19.2. The van der Waals surface area contributed by atoms with Crippen molar-refractivity contribution < 1.29 is 8.63 Å². The lowest BCUT2D eigenvalue weighted by Gasteiger charge is -2.16. The predicted octanol–water partition coefficient (Wildman–Crippen LogP) is 5.06. The van der Waals surface area contributed by atoms with Gasteiger partial charge in [0, 0.05) is 22.7 Å². The Bertz CT molecular complexity index is 874. The van der Waals surface area contributed by atoms with Gasteiger partial charge in [0.25, 0.3) is 0 Å². The van der Waals surface area contributed by atoms with Crippen molar-refractivity contribution in [3.05, 3.63) is 76.3 Å². The van der Waals surface area contributed by atoms with Crippen molar-refractivity contribution in [1.29, 1.82) is 0 Å². The van der Waals surface area contributed by atoms with E-state index >= 15 is 0 Å². The minimum Gasteiger partial charge on any atom is -0.329 e. The van der Waals surface area contributed by atoms with Crippen molar-refractivity contribution in [2.24, 2.45) is 4.99 Å². The highest BCUT2D eigenvalue weighted by Crippen LogP contribution is 2.36. The molecule has 5 heteroatoms. The molecule has 0 N–H and O–H groups in total. The van der Waals surface area contributed by atoms with Gasteiger partial charge in [-0.05, 0) is 56.5 Å². The van der Waals surface area contributed by atoms with Crippen LogP contribution < -0.4 is 0 Å². The minimum atomic E-state index is -2.59. The number of halogens is 2. The van der Waals surface area contributed by atoms with Crippen LogP contribution in [0.5, 0.6) is 0 Å². The molecule has 1 aromatic carbocycles. The molecule has 24 heavy (non-hydrogen) atoms. The highest BCUT2D eigenvalue weighted by Gasteiger charge is 2.28. The summed E-state index contributed by atoms with van der Waals surface area (Å²) in [5.74, 6) is 0. The topological polar surface area (TPSA) is 17.3 Å². The van der Waals surface area contributed by atoms with Crippen LogP contribution in [-0.4, -0.2) is 17.6 Å². The van der Waals surface area contributed by atoms with Crippen molar-refractivity contribution in [3.63, 3.8) is 0 Å². The minimum absolute atomic E-state index is 0.537. The van der Waals surface area contributed by atoms with Gasteiger partial charge in [-0.15, -0.1) is 0 Å². The lowest BCUT2D eigenvalue weighted by atomic mass is 9.95. The smallest absolute Gasteiger partial charge is 0.329 e. The Kier molecular flexibility index (Phi) is 4.27. The number of aromatic nitrogens is 1. The van der Waals surface area contributed by atoms with E-state index < -0.39 is 7.40 Å². The van der Waals surface area contributed by atoms with Crippen LogP contribution in [0.2, 0.25) is 0 Å². The molecule has 0 aliphatic carbocycles. The fourth-order valence-corrected chi connectivity index (χ4v) is 3.31. The Morgan fingerprint density at radius 2 is 1.71 bits per heavy atom. The second kappa shape index (κ2) is 6.23. The summed E-state index contributed by atoms with van der Waals surface area (Å²) in [5, 5.41) is 0. The lowest BCUT2D eigenvalue weighted by molar-refractivity contribution is 0.624. The third kappa shape index (κ3) is 2.75. The van der Waals surface area contributed by atoms with E-state index in [2.05, 4.69) is 4.99 Å². The van der Waals surface area contributed by atoms with Crippen LogP contribution in [0.3, 0.4) is 0 Å². The molecule has 1 aromatic heterocycles. The SMILES string of the molecule is CC1=CC(C)=N/C1=C(/c1ccccc1)c1c(C)cc(C)n1B(F)F. The van der Waals surface area contributed by atoms with Crippen LogP contribution in [0.4, 0.5) is 8.63 Å². The maximum atomic E-state index is 13.7. The van der Waals surface area contributed by atoms with E-state index in [4.69, 9.17) is 0 Å². The van der Waals surface area contributed by atoms with Crippen molar-refractivity contribution in [2.75, 3.05) is 0 Å². The molecule has 3 rings (SSSR count). The third-order valence-corrected chi connectivity index (χ3v) is 4.24. The van der Waals surface area contributed by atoms with Crippen LogP contribution in [0.15, 0.2) is 58.7 Å². The molecule has 1 aliphatic rings. The summed E-state index contributed by atoms with van der Waals surface area (Å²) in [4.78, 5) is 4.62. The van der Waals surface area contributed by atoms with Gasteiger partial charge in [0.05, 0.1) is 5.70 Å². The largest absolute Gasteiger partial charge is 0.677 e. The molecule has 2 nitrogen and oxygen atoms in total. The number of aliphatic imine (C=N–C) groups is 1. The van der Waals surface area contributed by atoms with E-state index in [-0.39, 0.29) is 0 Å². The van der Waals surface area contributed by atoms with E-state index in [1.54, 1.807) is 13.0 Å². The first-order chi connectivity index (χ1) is 11.4. The van der Waals surface area contributed by atoms with Gasteiger partial charge in [0.2, 0.25) is 0 Å². The summed E-state index contributed by atoms with van der Waals surface area (Å²) in [5.41, 5.74) is 6.20. The van der Waals surface area contributed by atoms with E-state index in [1.807, 2.05) is 57.2 Å². The molecular formula is C19H19BF2N2. The monoisotopic (exact) mass is 324 g/mol. The van der Waals surface area contributed by atoms with Gasteiger partial charge in [0.15, 0.2) is 0 Å². The lowest BCUT2D eigenvalue weighted by Crippen LogP contribution is -2.18. The fraction of sp³-hybridized carbons (Fsp3) is 0.211. The van der Waals surface area contributed by atoms with Gasteiger partial charge in [-0.25, -0.2) is 0 Å². The Hall–Kier alpha value is -2.43. The quantitative estimate of drug-likeness (QED) is 0.703. The molecule has 0 radical (unpaired) electrons. The summed E-state index contributed by atoms with van der Waals surface area (Å²) in [7, 11) is -2.59. The summed E-state index contributed by atoms with van der Waals surface area (Å²) in [6.45, 7) is 7.47. The zero-order valence-electron chi connectivity index (χ0n) is 14.3. The molecular weight excluding hydrogens is 305 g/mol. The summed E-state index contributed by atoms with van der Waals surface area (Å²) in [6.07, 6.45) is 1.98. The first kappa shape index (κ1) is 16.4. The van der Waals surface area contributed by atoms with Gasteiger partial charge < -0.3 is 4.48 Å². The Morgan fingerprint density at radius 1 is 1.04 bits per heavy atom. The van der Waals surface area contributed by atoms with Crippen LogP contribution in [0.1, 0.15) is 36.4 Å². The zero-order chi connectivity index (χ0) is 17.4. The van der Waals surface area contributed by atoms with Gasteiger partial charge in [-0.1, -0.05) is 30.3 Å². The second-order valence-corrected chi connectivity index (χ2v) is 6.14. The maximum absolute atomic E-state index is 13.7. The van der Waals surface area contributed by atoms with Crippen LogP contribution in [-0.2, 0) is 0 Å². The number of allylic oxidation sites excluding steroid dienone is 2. The van der Waals surface area contributed by atoms with E-state index in [0.29, 0.717) is 11.4 Å². The van der Waals surface area contributed by atoms with Crippen molar-refractivity contribution in [1.82, 2.24) is 4.48 Å². The number of rotatable bonds is 3. The molecule has 0 unspecified atom stereocenters. The molecule has 0 amide bonds. The van der Waals surface area contributed by atoms with Crippen LogP contribution in [0, 0.1) is 13.8 Å². The zero-order valence-corrected chi connectivity index (χ0v) is 14.3. The Labute approximate surface area is 141 Å². The highest BCUT2D eigenvalue weighted by molar-refractivity contribution is 6.41. The third-order valence-electron chi connectivity index (χ3n) is 4.24. The van der Waals surface area contributed by atoms with Crippen molar-refractivity contribution in [3.8, 4) is 0 Å². The van der Waals surface area contributed by atoms with Gasteiger partial charge in [-0.2, -0.15) is 0 Å². The molecule has 0 saturated heterocycles. The number of nitrogens with zero attached hydrogens (tertiary/aromatic N) is 2. The van der Waals surface area contributed by atoms with Crippen LogP contribution >= 0.6 is 0 Å². The van der Waals surface area contributed by atoms with Crippen molar-refractivity contribution in [2.45, 2.75) is 27.7 Å². The normalized spacial score (nSPS) is 16.1. The number of hydrogen-bond acceptors (Lipinski definition) is 1. The number of aryl methyl sites for hydroxylation is 2. The fourth-order valence-electron chi connectivity index (χ4n) is 3.31. The average molecular weight is 324 g/mol. The number of hydrogen-bond donors (Lipinski definition) is 0. The summed E-state index contributed by atoms with van der Waals surface area (Å²) >= 11 is 0. The molecule has 0 spiro atoms. The molecule has 0 atom stereocenters. The van der Waals surface area contributed by atoms with E-state index in [0.717, 1.165) is 38.2 Å².